The van der Waals surface area contributed by atoms with E-state index >= 15 is 0 Å². The normalized spacial score (nSPS) is 11.8. The van der Waals surface area contributed by atoms with Crippen molar-refractivity contribution in [3.63, 3.8) is 0 Å². The predicted molar refractivity (Wildman–Crippen MR) is 74.6 cm³/mol. The van der Waals surface area contributed by atoms with E-state index in [0.29, 0.717) is 10.9 Å². The largest absolute Gasteiger partial charge is 0.212 e. The lowest BCUT2D eigenvalue weighted by atomic mass is 10.0. The van der Waals surface area contributed by atoms with Crippen molar-refractivity contribution < 1.29 is 17.6 Å². The van der Waals surface area contributed by atoms with E-state index in [4.69, 9.17) is 0 Å². The average molecular weight is 345 g/mol. The lowest BCUT2D eigenvalue weighted by Crippen LogP contribution is -1.94. The van der Waals surface area contributed by atoms with Crippen molar-refractivity contribution in [2.24, 2.45) is 0 Å². The van der Waals surface area contributed by atoms with Crippen LogP contribution in [0.2, 0.25) is 0 Å². The molecule has 0 aromatic heterocycles. The molecule has 0 radical (unpaired) electrons. The molecule has 0 N–H and O–H groups in total. The van der Waals surface area contributed by atoms with Crippen molar-refractivity contribution in [3.8, 4) is 11.1 Å². The lowest BCUT2D eigenvalue weighted by molar-refractivity contribution is 0.561. The number of benzene rings is 2. The van der Waals surface area contributed by atoms with Gasteiger partial charge in [-0.3, -0.25) is 0 Å². The van der Waals surface area contributed by atoms with Gasteiger partial charge in [0.1, 0.15) is 18.0 Å². The van der Waals surface area contributed by atoms with Crippen LogP contribution in [0.4, 0.5) is 17.6 Å². The zero-order valence-electron chi connectivity index (χ0n) is 10.1. The van der Waals surface area contributed by atoms with E-state index in [2.05, 4.69) is 15.9 Å². The van der Waals surface area contributed by atoms with E-state index in [-0.39, 0.29) is 5.56 Å². The Morgan fingerprint density at radius 3 is 2.00 bits per heavy atom. The van der Waals surface area contributed by atoms with Gasteiger partial charge in [-0.05, 0) is 28.8 Å². The summed E-state index contributed by atoms with van der Waals surface area (Å²) in [5.74, 6) is -3.85. The standard InChI is InChI=1S/C15H9BrF4/c16-7-9-1-3-10(4-2-9)11-5-12(18)15(13(19)6-11)14(20)8-17/h1-6,8H,7H2/b14-8-. The Hall–Kier alpha value is -1.62. The molecule has 20 heavy (non-hydrogen) atoms. The van der Waals surface area contributed by atoms with Crippen LogP contribution in [0, 0.1) is 11.6 Å². The molecule has 0 aliphatic carbocycles. The van der Waals surface area contributed by atoms with Crippen molar-refractivity contribution in [2.45, 2.75) is 5.33 Å². The van der Waals surface area contributed by atoms with E-state index in [1.807, 2.05) is 0 Å². The van der Waals surface area contributed by atoms with Crippen molar-refractivity contribution >= 4 is 21.8 Å². The maximum atomic E-state index is 13.7. The fourth-order valence-electron chi connectivity index (χ4n) is 1.81. The molecular weight excluding hydrogens is 336 g/mol. The Bertz CT molecular complexity index is 624. The summed E-state index contributed by atoms with van der Waals surface area (Å²) in [6.07, 6.45) is -0.466. The summed E-state index contributed by atoms with van der Waals surface area (Å²) in [6.45, 7) is 0. The molecular formula is C15H9BrF4. The third kappa shape index (κ3) is 2.93. The van der Waals surface area contributed by atoms with Gasteiger partial charge in [0.25, 0.3) is 0 Å². The van der Waals surface area contributed by atoms with Crippen molar-refractivity contribution in [1.82, 2.24) is 0 Å². The molecule has 2 rings (SSSR count). The van der Waals surface area contributed by atoms with Gasteiger partial charge >= 0.3 is 0 Å². The van der Waals surface area contributed by atoms with Gasteiger partial charge in [-0.25, -0.2) is 17.6 Å². The number of halogens is 5. The van der Waals surface area contributed by atoms with E-state index < -0.39 is 29.4 Å². The fraction of sp³-hybridized carbons (Fsp3) is 0.0667. The van der Waals surface area contributed by atoms with Crippen LogP contribution in [-0.2, 0) is 5.33 Å². The van der Waals surface area contributed by atoms with Gasteiger partial charge in [0.2, 0.25) is 0 Å². The first-order valence-corrected chi connectivity index (χ1v) is 6.79. The minimum atomic E-state index is -1.57. The van der Waals surface area contributed by atoms with Gasteiger partial charge in [0.05, 0.1) is 5.56 Å². The van der Waals surface area contributed by atoms with Gasteiger partial charge in [0, 0.05) is 5.33 Å². The van der Waals surface area contributed by atoms with Crippen LogP contribution >= 0.6 is 15.9 Å². The molecule has 0 nitrogen and oxygen atoms in total. The monoisotopic (exact) mass is 344 g/mol. The molecule has 0 aliphatic heterocycles. The highest BCUT2D eigenvalue weighted by molar-refractivity contribution is 9.08. The van der Waals surface area contributed by atoms with Crippen molar-refractivity contribution in [1.29, 1.82) is 0 Å². The first-order chi connectivity index (χ1) is 9.56. The zero-order valence-corrected chi connectivity index (χ0v) is 11.7. The molecule has 5 heteroatoms. The van der Waals surface area contributed by atoms with Gasteiger partial charge in [0.15, 0.2) is 5.83 Å². The summed E-state index contributed by atoms with van der Waals surface area (Å²) in [4.78, 5) is 0. The molecule has 104 valence electrons. The Kier molecular flexibility index (Phi) is 4.60. The Morgan fingerprint density at radius 1 is 1.00 bits per heavy atom. The molecule has 0 amide bonds. The first kappa shape index (κ1) is 14.8. The maximum Gasteiger partial charge on any atom is 0.164 e. The van der Waals surface area contributed by atoms with E-state index in [0.717, 1.165) is 17.7 Å². The number of rotatable bonds is 3. The second-order valence-electron chi connectivity index (χ2n) is 4.10. The summed E-state index contributed by atoms with van der Waals surface area (Å²) >= 11 is 3.29. The molecule has 0 unspecified atom stereocenters. The fourth-order valence-corrected chi connectivity index (χ4v) is 2.18. The topological polar surface area (TPSA) is 0 Å². The second kappa shape index (κ2) is 6.22. The molecule has 0 bridgehead atoms. The number of hydrogen-bond acceptors (Lipinski definition) is 0. The van der Waals surface area contributed by atoms with Crippen LogP contribution in [0.5, 0.6) is 0 Å². The molecule has 2 aromatic carbocycles. The van der Waals surface area contributed by atoms with Gasteiger partial charge in [-0.2, -0.15) is 0 Å². The molecule has 0 saturated heterocycles. The summed E-state index contributed by atoms with van der Waals surface area (Å²) in [5, 5.41) is 0.668. The first-order valence-electron chi connectivity index (χ1n) is 5.67. The van der Waals surface area contributed by atoms with E-state index in [9.17, 15) is 17.6 Å². The van der Waals surface area contributed by atoms with Crippen molar-refractivity contribution in [3.05, 3.63) is 65.5 Å². The molecule has 0 atom stereocenters. The molecule has 0 saturated carbocycles. The van der Waals surface area contributed by atoms with Gasteiger partial charge < -0.3 is 0 Å². The Balaban J connectivity index is 2.48. The van der Waals surface area contributed by atoms with Gasteiger partial charge in [-0.1, -0.05) is 40.2 Å². The van der Waals surface area contributed by atoms with E-state index in [1.165, 1.54) is 0 Å². The van der Waals surface area contributed by atoms with Crippen LogP contribution in [0.15, 0.2) is 42.7 Å². The minimum absolute atomic E-state index is 0.261. The lowest BCUT2D eigenvalue weighted by Gasteiger charge is -2.07. The zero-order chi connectivity index (χ0) is 14.7. The molecule has 2 aromatic rings. The highest BCUT2D eigenvalue weighted by atomic mass is 79.9. The quantitative estimate of drug-likeness (QED) is 0.490. The Morgan fingerprint density at radius 2 is 1.55 bits per heavy atom. The summed E-state index contributed by atoms with van der Waals surface area (Å²) < 4.78 is 52.5. The van der Waals surface area contributed by atoms with Crippen LogP contribution < -0.4 is 0 Å². The predicted octanol–water partition coefficient (Wildman–Crippen LogP) is 5.76. The highest BCUT2D eigenvalue weighted by Gasteiger charge is 2.16. The van der Waals surface area contributed by atoms with Crippen LogP contribution in [0.3, 0.4) is 0 Å². The third-order valence-electron chi connectivity index (χ3n) is 2.82. The Labute approximate surface area is 121 Å². The van der Waals surface area contributed by atoms with Crippen LogP contribution in [-0.4, -0.2) is 0 Å². The summed E-state index contributed by atoms with van der Waals surface area (Å²) in [5.41, 5.74) is 0.867. The molecule has 0 aliphatic rings. The number of alkyl halides is 1. The summed E-state index contributed by atoms with van der Waals surface area (Å²) in [6, 6.07) is 8.96. The average Bonchev–Trinajstić information content (AvgIpc) is 2.46. The molecule has 0 spiro atoms. The minimum Gasteiger partial charge on any atom is -0.212 e. The molecule has 0 heterocycles. The van der Waals surface area contributed by atoms with E-state index in [1.54, 1.807) is 24.3 Å². The molecule has 0 fully saturated rings. The third-order valence-corrected chi connectivity index (χ3v) is 3.47. The number of hydrogen-bond donors (Lipinski definition) is 0. The second-order valence-corrected chi connectivity index (χ2v) is 4.66. The van der Waals surface area contributed by atoms with Crippen LogP contribution in [0.25, 0.3) is 17.0 Å². The highest BCUT2D eigenvalue weighted by Crippen LogP contribution is 2.29. The SMILES string of the molecule is F/C=C(\F)c1c(F)cc(-c2ccc(CBr)cc2)cc1F. The maximum absolute atomic E-state index is 13.7. The smallest absolute Gasteiger partial charge is 0.164 e. The summed E-state index contributed by atoms with van der Waals surface area (Å²) in [7, 11) is 0. The van der Waals surface area contributed by atoms with Gasteiger partial charge in [-0.15, -0.1) is 0 Å². The van der Waals surface area contributed by atoms with Crippen LogP contribution in [0.1, 0.15) is 11.1 Å². The van der Waals surface area contributed by atoms with Crippen molar-refractivity contribution in [2.75, 3.05) is 0 Å².